The van der Waals surface area contributed by atoms with Crippen LogP contribution in [0.4, 0.5) is 13.2 Å². The van der Waals surface area contributed by atoms with E-state index in [1.165, 1.54) is 23.4 Å². The van der Waals surface area contributed by atoms with Gasteiger partial charge in [0.25, 0.3) is 0 Å². The molecule has 5 heteroatoms. The van der Waals surface area contributed by atoms with Crippen molar-refractivity contribution >= 4 is 6.21 Å². The van der Waals surface area contributed by atoms with E-state index < -0.39 is 11.7 Å². The minimum atomic E-state index is -4.34. The van der Waals surface area contributed by atoms with Gasteiger partial charge in [-0.1, -0.05) is 48.5 Å². The summed E-state index contributed by atoms with van der Waals surface area (Å²) < 4.78 is 43.4. The number of alkyl halides is 3. The second-order valence-corrected chi connectivity index (χ2v) is 9.11. The van der Waals surface area contributed by atoms with E-state index in [0.717, 1.165) is 32.5 Å². The highest BCUT2D eigenvalue weighted by Crippen LogP contribution is 2.40. The van der Waals surface area contributed by atoms with E-state index in [-0.39, 0.29) is 11.5 Å². The molecule has 0 amide bonds. The van der Waals surface area contributed by atoms with Crippen LogP contribution in [0.1, 0.15) is 43.4 Å². The van der Waals surface area contributed by atoms with Gasteiger partial charge in [-0.3, -0.25) is 0 Å². The largest absolute Gasteiger partial charge is 0.416 e. The summed E-state index contributed by atoms with van der Waals surface area (Å²) in [6.45, 7) is 7.01. The van der Waals surface area contributed by atoms with Gasteiger partial charge in [0, 0.05) is 44.3 Å². The van der Waals surface area contributed by atoms with Crippen molar-refractivity contribution in [2.45, 2.75) is 51.4 Å². The van der Waals surface area contributed by atoms with Crippen LogP contribution in [0.25, 0.3) is 0 Å². The summed E-state index contributed by atoms with van der Waals surface area (Å²) in [6, 6.07) is 16.3. The molecule has 0 spiro atoms. The molecule has 2 aromatic carbocycles. The fourth-order valence-corrected chi connectivity index (χ4v) is 4.92. The lowest BCUT2D eigenvalue weighted by Crippen LogP contribution is -2.50. The minimum Gasteiger partial charge on any atom is -0.374 e. The molecule has 164 valence electrons. The van der Waals surface area contributed by atoms with Crippen LogP contribution in [-0.2, 0) is 19.1 Å². The van der Waals surface area contributed by atoms with Gasteiger partial charge in [-0.05, 0) is 30.9 Å². The summed E-state index contributed by atoms with van der Waals surface area (Å²) >= 11 is 0. The lowest BCUT2D eigenvalue weighted by molar-refractivity contribution is -0.621. The quantitative estimate of drug-likeness (QED) is 0.537. The molecule has 1 unspecified atom stereocenters. The molecule has 2 aliphatic rings. The summed E-state index contributed by atoms with van der Waals surface area (Å²) in [7, 11) is 0. The summed E-state index contributed by atoms with van der Waals surface area (Å²) in [5.41, 5.74) is 1.89. The molecule has 0 bridgehead atoms. The van der Waals surface area contributed by atoms with E-state index in [4.69, 9.17) is 0 Å². The molecule has 31 heavy (non-hydrogen) atoms. The van der Waals surface area contributed by atoms with Gasteiger partial charge in [-0.25, -0.2) is 4.58 Å². The van der Waals surface area contributed by atoms with Crippen LogP contribution >= 0.6 is 0 Å². The Morgan fingerprint density at radius 2 is 1.61 bits per heavy atom. The van der Waals surface area contributed by atoms with Gasteiger partial charge >= 0.3 is 6.18 Å². The average Bonchev–Trinajstić information content (AvgIpc) is 3.26. The summed E-state index contributed by atoms with van der Waals surface area (Å²) in [4.78, 5) is 2.37. The first kappa shape index (κ1) is 21.7. The third-order valence-corrected chi connectivity index (χ3v) is 6.79. The number of hydrogen-bond donors (Lipinski definition) is 0. The number of nitrogens with zero attached hydrogens (tertiary/aromatic N) is 2. The summed E-state index contributed by atoms with van der Waals surface area (Å²) in [5, 5.41) is 0. The smallest absolute Gasteiger partial charge is 0.374 e. The second-order valence-electron chi connectivity index (χ2n) is 9.11. The second kappa shape index (κ2) is 8.52. The van der Waals surface area contributed by atoms with E-state index in [1.54, 1.807) is 12.1 Å². The molecule has 0 aliphatic carbocycles. The number of rotatable bonds is 5. The fraction of sp³-hybridized carbons (Fsp3) is 0.423. The topological polar surface area (TPSA) is 6.25 Å². The molecule has 0 N–H and O–H groups in total. The van der Waals surface area contributed by atoms with Crippen LogP contribution in [0, 0.1) is 5.92 Å². The lowest BCUT2D eigenvalue weighted by Gasteiger charge is -2.39. The van der Waals surface area contributed by atoms with Crippen LogP contribution in [-0.4, -0.2) is 34.3 Å². The van der Waals surface area contributed by atoms with E-state index >= 15 is 0 Å². The van der Waals surface area contributed by atoms with Gasteiger partial charge in [-0.15, -0.1) is 0 Å². The molecule has 1 saturated heterocycles. The number of likely N-dealkylation sites (tertiary alicyclic amines) is 1. The lowest BCUT2D eigenvalue weighted by atomic mass is 9.76. The highest BCUT2D eigenvalue weighted by molar-refractivity contribution is 5.69. The number of halogens is 3. The first-order valence-corrected chi connectivity index (χ1v) is 11.0. The Kier molecular flexibility index (Phi) is 5.96. The molecular weight excluding hydrogens is 397 g/mol. The van der Waals surface area contributed by atoms with Gasteiger partial charge in [-0.2, -0.15) is 13.2 Å². The monoisotopic (exact) mass is 427 g/mol. The molecule has 2 aromatic rings. The Labute approximate surface area is 182 Å². The Morgan fingerprint density at radius 1 is 0.968 bits per heavy atom. The predicted octanol–water partition coefficient (Wildman–Crippen LogP) is 5.92. The van der Waals surface area contributed by atoms with Gasteiger partial charge in [0.1, 0.15) is 0 Å². The van der Waals surface area contributed by atoms with Crippen LogP contribution in [0.2, 0.25) is 0 Å². The zero-order chi connectivity index (χ0) is 22.1. The molecule has 0 saturated carbocycles. The average molecular weight is 428 g/mol. The summed E-state index contributed by atoms with van der Waals surface area (Å²) in [6.07, 6.45) is 2.56. The molecule has 1 atom stereocenters. The maximum atomic E-state index is 13.7. The van der Waals surface area contributed by atoms with Gasteiger partial charge in [0.15, 0.2) is 18.3 Å². The molecule has 2 heterocycles. The van der Waals surface area contributed by atoms with E-state index in [9.17, 15) is 13.2 Å². The van der Waals surface area contributed by atoms with E-state index in [1.807, 2.05) is 18.2 Å². The van der Waals surface area contributed by atoms with E-state index in [2.05, 4.69) is 47.7 Å². The molecule has 0 radical (unpaired) electrons. The van der Waals surface area contributed by atoms with Crippen molar-refractivity contribution in [3.8, 4) is 0 Å². The molecular formula is C26H30F3N2+. The van der Waals surface area contributed by atoms with Crippen molar-refractivity contribution in [1.82, 2.24) is 4.90 Å². The van der Waals surface area contributed by atoms with Crippen molar-refractivity contribution in [1.29, 1.82) is 0 Å². The third kappa shape index (κ3) is 4.56. The zero-order valence-corrected chi connectivity index (χ0v) is 18.2. The van der Waals surface area contributed by atoms with Crippen LogP contribution in [0.5, 0.6) is 0 Å². The van der Waals surface area contributed by atoms with Crippen molar-refractivity contribution in [2.24, 2.45) is 5.92 Å². The van der Waals surface area contributed by atoms with Gasteiger partial charge < -0.3 is 4.90 Å². The van der Waals surface area contributed by atoms with Gasteiger partial charge in [0.2, 0.25) is 0 Å². The predicted molar refractivity (Wildman–Crippen MR) is 118 cm³/mol. The van der Waals surface area contributed by atoms with Crippen molar-refractivity contribution < 1.29 is 17.7 Å². The van der Waals surface area contributed by atoms with Crippen molar-refractivity contribution in [3.05, 3.63) is 83.1 Å². The fourth-order valence-electron chi connectivity index (χ4n) is 4.92. The van der Waals surface area contributed by atoms with Crippen LogP contribution in [0.15, 0.2) is 66.4 Å². The first-order chi connectivity index (χ1) is 14.8. The minimum absolute atomic E-state index is 0.0391. The highest BCUT2D eigenvalue weighted by atomic mass is 19.4. The standard InChI is InChI=1S/C26H30F3N2/c1-25(2)23(18-21-12-6-7-13-22(21)26(27,28)29)24(30-15-8-9-16-30)14-17-31(25)19-20-10-4-3-5-11-20/h3-7,10-14,17,23H,8-9,15-16,18-19H2,1-2H3/q+1. The zero-order valence-electron chi connectivity index (χ0n) is 18.2. The number of hydrogen-bond acceptors (Lipinski definition) is 1. The van der Waals surface area contributed by atoms with E-state index in [0.29, 0.717) is 12.0 Å². The summed E-state index contributed by atoms with van der Waals surface area (Å²) in [5.74, 6) is -0.0391. The third-order valence-electron chi connectivity index (χ3n) is 6.79. The number of benzene rings is 2. The maximum Gasteiger partial charge on any atom is 0.416 e. The van der Waals surface area contributed by atoms with Crippen LogP contribution in [0.3, 0.4) is 0 Å². The normalized spacial score (nSPS) is 21.1. The Bertz CT molecular complexity index is 968. The Hall–Kier alpha value is -2.56. The molecule has 2 aliphatic heterocycles. The molecule has 0 aromatic heterocycles. The first-order valence-electron chi connectivity index (χ1n) is 11.0. The molecule has 1 fully saturated rings. The van der Waals surface area contributed by atoms with Crippen molar-refractivity contribution in [2.75, 3.05) is 13.1 Å². The molecule has 2 nitrogen and oxygen atoms in total. The number of allylic oxidation sites excluding steroid dienone is 1. The highest BCUT2D eigenvalue weighted by Gasteiger charge is 2.46. The maximum absolute atomic E-state index is 13.7. The SMILES string of the molecule is CC1(C)C(Cc2ccccc2C(F)(F)F)C(N2CCCC2)=CC=[N+]1Cc1ccccc1. The van der Waals surface area contributed by atoms with Gasteiger partial charge in [0.05, 0.1) is 11.5 Å². The van der Waals surface area contributed by atoms with Crippen molar-refractivity contribution in [3.63, 3.8) is 0 Å². The van der Waals surface area contributed by atoms with Crippen LogP contribution < -0.4 is 0 Å². The molecule has 4 rings (SSSR count). The Balaban J connectivity index is 1.72. The Morgan fingerprint density at radius 3 is 2.29 bits per heavy atom.